The molecule has 1 aromatic carbocycles. The highest BCUT2D eigenvalue weighted by Crippen LogP contribution is 2.36. The van der Waals surface area contributed by atoms with Gasteiger partial charge in [-0.3, -0.25) is 0 Å². The van der Waals surface area contributed by atoms with Gasteiger partial charge in [-0.1, -0.05) is 0 Å². The molecule has 1 rings (SSSR count). The molecule has 1 aromatic rings. The Morgan fingerprint density at radius 2 is 1.94 bits per heavy atom. The van der Waals surface area contributed by atoms with Gasteiger partial charge in [-0.05, 0) is 17.7 Å². The third-order valence-electron chi connectivity index (χ3n) is 2.10. The maximum atomic E-state index is 12.8. The van der Waals surface area contributed by atoms with E-state index in [9.17, 15) is 13.2 Å². The monoisotopic (exact) mass is 240 g/mol. The summed E-state index contributed by atoms with van der Waals surface area (Å²) < 4.78 is 43.0. The van der Waals surface area contributed by atoms with Gasteiger partial charge in [0.05, 0.1) is 36.8 Å². The second kappa shape index (κ2) is 4.75. The van der Waals surface area contributed by atoms with Crippen LogP contribution in [0, 0.1) is 22.7 Å². The van der Waals surface area contributed by atoms with Crippen molar-refractivity contribution in [1.82, 2.24) is 0 Å². The lowest BCUT2D eigenvalue weighted by atomic mass is 9.98. The number of nitriles is 2. The Labute approximate surface area is 95.7 Å². The molecule has 0 spiro atoms. The Bertz CT molecular complexity index is 509. The summed E-state index contributed by atoms with van der Waals surface area (Å²) in [6.07, 6.45) is -5.09. The molecule has 0 heterocycles. The third kappa shape index (κ3) is 2.67. The quantitative estimate of drug-likeness (QED) is 0.798. The summed E-state index contributed by atoms with van der Waals surface area (Å²) in [6, 6.07) is 5.22. The van der Waals surface area contributed by atoms with Gasteiger partial charge in [0.2, 0.25) is 0 Å². The van der Waals surface area contributed by atoms with Crippen LogP contribution in [0.2, 0.25) is 0 Å². The molecule has 3 nitrogen and oxygen atoms in total. The van der Waals surface area contributed by atoms with Crippen LogP contribution in [0.5, 0.6) is 5.75 Å². The van der Waals surface area contributed by atoms with Gasteiger partial charge in [0.25, 0.3) is 0 Å². The fourth-order valence-corrected chi connectivity index (χ4v) is 1.44. The van der Waals surface area contributed by atoms with Gasteiger partial charge in [0, 0.05) is 0 Å². The molecule has 0 N–H and O–H groups in total. The highest BCUT2D eigenvalue weighted by atomic mass is 19.4. The topological polar surface area (TPSA) is 56.8 Å². The van der Waals surface area contributed by atoms with Crippen molar-refractivity contribution in [3.8, 4) is 17.9 Å². The summed E-state index contributed by atoms with van der Waals surface area (Å²) in [4.78, 5) is 0. The van der Waals surface area contributed by atoms with E-state index in [1.807, 2.05) is 0 Å². The Hall–Kier alpha value is -2.21. The van der Waals surface area contributed by atoms with Crippen LogP contribution in [0.15, 0.2) is 12.1 Å². The largest absolute Gasteiger partial charge is 0.497 e. The Kier molecular flexibility index (Phi) is 3.59. The van der Waals surface area contributed by atoms with E-state index in [4.69, 9.17) is 15.3 Å². The summed E-state index contributed by atoms with van der Waals surface area (Å²) in [7, 11) is 1.28. The molecule has 0 fully saturated rings. The van der Waals surface area contributed by atoms with Crippen molar-refractivity contribution in [2.75, 3.05) is 7.11 Å². The minimum atomic E-state index is -4.66. The van der Waals surface area contributed by atoms with Crippen molar-refractivity contribution in [3.05, 3.63) is 28.8 Å². The number of halogens is 3. The summed E-state index contributed by atoms with van der Waals surface area (Å²) >= 11 is 0. The number of ether oxygens (including phenoxy) is 1. The van der Waals surface area contributed by atoms with Crippen LogP contribution in [0.4, 0.5) is 13.2 Å². The molecule has 0 aromatic heterocycles. The van der Waals surface area contributed by atoms with Gasteiger partial charge >= 0.3 is 6.18 Å². The van der Waals surface area contributed by atoms with E-state index in [1.54, 1.807) is 6.07 Å². The number of hydrogen-bond acceptors (Lipinski definition) is 3. The van der Waals surface area contributed by atoms with Crippen LogP contribution in [-0.2, 0) is 12.6 Å². The maximum absolute atomic E-state index is 12.8. The van der Waals surface area contributed by atoms with Crippen LogP contribution in [0.25, 0.3) is 0 Å². The normalized spacial score (nSPS) is 10.5. The molecular weight excluding hydrogens is 233 g/mol. The highest BCUT2D eigenvalue weighted by molar-refractivity contribution is 5.50. The molecule has 88 valence electrons. The van der Waals surface area contributed by atoms with Gasteiger partial charge in [-0.25, -0.2) is 0 Å². The van der Waals surface area contributed by atoms with Crippen molar-refractivity contribution >= 4 is 0 Å². The number of nitrogens with zero attached hydrogens (tertiary/aromatic N) is 2. The lowest BCUT2D eigenvalue weighted by molar-refractivity contribution is -0.138. The lowest BCUT2D eigenvalue weighted by Crippen LogP contribution is -2.12. The number of alkyl halides is 3. The Balaban J connectivity index is 3.55. The molecule has 0 aliphatic rings. The first-order chi connectivity index (χ1) is 7.93. The molecule has 0 atom stereocenters. The average Bonchev–Trinajstić information content (AvgIpc) is 2.26. The summed E-state index contributed by atoms with van der Waals surface area (Å²) in [5.74, 6) is 0.125. The molecule has 0 radical (unpaired) electrons. The summed E-state index contributed by atoms with van der Waals surface area (Å²) in [5, 5.41) is 17.2. The molecule has 0 saturated heterocycles. The van der Waals surface area contributed by atoms with E-state index >= 15 is 0 Å². The summed E-state index contributed by atoms with van der Waals surface area (Å²) in [6.45, 7) is 0. The second-order valence-corrected chi connectivity index (χ2v) is 3.15. The molecule has 0 unspecified atom stereocenters. The van der Waals surface area contributed by atoms with Gasteiger partial charge in [0.1, 0.15) is 5.75 Å². The molecule has 0 bridgehead atoms. The van der Waals surface area contributed by atoms with Crippen LogP contribution in [-0.4, -0.2) is 7.11 Å². The molecule has 6 heteroatoms. The van der Waals surface area contributed by atoms with Gasteiger partial charge in [0.15, 0.2) is 0 Å². The molecule has 0 saturated carbocycles. The molecular formula is C11H7F3N2O. The summed E-state index contributed by atoms with van der Waals surface area (Å²) in [5.41, 5.74) is -1.86. The predicted octanol–water partition coefficient (Wildman–Crippen LogP) is 2.65. The van der Waals surface area contributed by atoms with E-state index in [0.717, 1.165) is 12.1 Å². The lowest BCUT2D eigenvalue weighted by Gasteiger charge is -2.14. The van der Waals surface area contributed by atoms with Crippen LogP contribution in [0.3, 0.4) is 0 Å². The molecule has 0 aliphatic heterocycles. The van der Waals surface area contributed by atoms with E-state index in [-0.39, 0.29) is 11.3 Å². The SMILES string of the molecule is COc1cc(C#N)c(C(F)(F)F)c(CC#N)c1. The number of rotatable bonds is 2. The van der Waals surface area contributed by atoms with Crippen molar-refractivity contribution in [2.45, 2.75) is 12.6 Å². The van der Waals surface area contributed by atoms with E-state index < -0.39 is 23.7 Å². The number of hydrogen-bond donors (Lipinski definition) is 0. The van der Waals surface area contributed by atoms with Gasteiger partial charge in [-0.15, -0.1) is 0 Å². The fraction of sp³-hybridized carbons (Fsp3) is 0.273. The molecule has 17 heavy (non-hydrogen) atoms. The van der Waals surface area contributed by atoms with Crippen molar-refractivity contribution in [3.63, 3.8) is 0 Å². The van der Waals surface area contributed by atoms with E-state index in [0.29, 0.717) is 0 Å². The average molecular weight is 240 g/mol. The first kappa shape index (κ1) is 12.9. The zero-order valence-corrected chi connectivity index (χ0v) is 8.80. The first-order valence-corrected chi connectivity index (χ1v) is 4.49. The Morgan fingerprint density at radius 3 is 2.35 bits per heavy atom. The van der Waals surface area contributed by atoms with E-state index in [2.05, 4.69) is 0 Å². The minimum absolute atomic E-state index is 0.125. The second-order valence-electron chi connectivity index (χ2n) is 3.15. The smallest absolute Gasteiger partial charge is 0.417 e. The maximum Gasteiger partial charge on any atom is 0.417 e. The van der Waals surface area contributed by atoms with Crippen LogP contribution >= 0.6 is 0 Å². The van der Waals surface area contributed by atoms with Crippen molar-refractivity contribution < 1.29 is 17.9 Å². The fourth-order valence-electron chi connectivity index (χ4n) is 1.44. The minimum Gasteiger partial charge on any atom is -0.497 e. The van der Waals surface area contributed by atoms with Crippen LogP contribution in [0.1, 0.15) is 16.7 Å². The zero-order valence-electron chi connectivity index (χ0n) is 8.80. The molecule has 0 aliphatic carbocycles. The highest BCUT2D eigenvalue weighted by Gasteiger charge is 2.36. The van der Waals surface area contributed by atoms with Crippen molar-refractivity contribution in [2.24, 2.45) is 0 Å². The van der Waals surface area contributed by atoms with Gasteiger partial charge < -0.3 is 4.74 Å². The number of methoxy groups -OCH3 is 1. The van der Waals surface area contributed by atoms with Crippen molar-refractivity contribution in [1.29, 1.82) is 10.5 Å². The standard InChI is InChI=1S/C11H7F3N2O/c1-17-9-4-7(2-3-15)10(11(12,13)14)8(5-9)6-16/h4-5H,2H2,1H3. The van der Waals surface area contributed by atoms with Gasteiger partial charge in [-0.2, -0.15) is 23.7 Å². The first-order valence-electron chi connectivity index (χ1n) is 4.49. The number of benzene rings is 1. The third-order valence-corrected chi connectivity index (χ3v) is 2.10. The predicted molar refractivity (Wildman–Crippen MR) is 52.0 cm³/mol. The van der Waals surface area contributed by atoms with Crippen LogP contribution < -0.4 is 4.74 Å². The van der Waals surface area contributed by atoms with E-state index in [1.165, 1.54) is 13.2 Å². The zero-order chi connectivity index (χ0) is 13.1. The Morgan fingerprint density at radius 1 is 1.29 bits per heavy atom. The molecule has 0 amide bonds.